The summed E-state index contributed by atoms with van der Waals surface area (Å²) < 4.78 is 0. The molecule has 1 aliphatic rings. The summed E-state index contributed by atoms with van der Waals surface area (Å²) in [6.45, 7) is 5.45. The summed E-state index contributed by atoms with van der Waals surface area (Å²) in [6, 6.07) is 5.27. The van der Waals surface area contributed by atoms with E-state index in [-0.39, 0.29) is 11.9 Å². The van der Waals surface area contributed by atoms with Gasteiger partial charge in [0.2, 0.25) is 5.91 Å². The van der Waals surface area contributed by atoms with Crippen molar-refractivity contribution in [2.45, 2.75) is 26.8 Å². The number of carboxylic acids is 1. The molecule has 0 radical (unpaired) electrons. The normalized spacial score (nSPS) is 25.4. The molecular weight excluding hydrogens is 244 g/mol. The fourth-order valence-corrected chi connectivity index (χ4v) is 2.60. The predicted molar refractivity (Wildman–Crippen MR) is 69.2 cm³/mol. The second-order valence-corrected chi connectivity index (χ2v) is 5.60. The van der Waals surface area contributed by atoms with E-state index in [1.807, 2.05) is 39.0 Å². The molecule has 1 aromatic rings. The summed E-state index contributed by atoms with van der Waals surface area (Å²) in [6.07, 6.45) is 1.67. The second-order valence-electron chi connectivity index (χ2n) is 5.60. The van der Waals surface area contributed by atoms with Gasteiger partial charge in [0.1, 0.15) is 0 Å². The van der Waals surface area contributed by atoms with Crippen molar-refractivity contribution in [3.8, 4) is 0 Å². The van der Waals surface area contributed by atoms with Crippen LogP contribution in [0.3, 0.4) is 0 Å². The summed E-state index contributed by atoms with van der Waals surface area (Å²) in [5, 5.41) is 11.9. The Kier molecular flexibility index (Phi) is 3.30. The molecule has 1 aliphatic carbocycles. The van der Waals surface area contributed by atoms with Crippen LogP contribution >= 0.6 is 0 Å². The molecule has 0 aromatic carbocycles. The third-order valence-electron chi connectivity index (χ3n) is 3.87. The molecule has 2 unspecified atom stereocenters. The average molecular weight is 262 g/mol. The molecule has 3 atom stereocenters. The van der Waals surface area contributed by atoms with Crippen LogP contribution in [0.15, 0.2) is 24.4 Å². The number of rotatable bonds is 4. The summed E-state index contributed by atoms with van der Waals surface area (Å²) in [5.74, 6) is -2.18. The lowest BCUT2D eigenvalue weighted by Gasteiger charge is -2.13. The van der Waals surface area contributed by atoms with Gasteiger partial charge in [-0.25, -0.2) is 0 Å². The van der Waals surface area contributed by atoms with E-state index < -0.39 is 23.2 Å². The Balaban J connectivity index is 2.02. The van der Waals surface area contributed by atoms with Gasteiger partial charge in [-0.15, -0.1) is 0 Å². The van der Waals surface area contributed by atoms with Crippen LogP contribution in [0, 0.1) is 17.3 Å². The van der Waals surface area contributed by atoms with Crippen molar-refractivity contribution < 1.29 is 14.7 Å². The van der Waals surface area contributed by atoms with Crippen molar-refractivity contribution in [2.24, 2.45) is 17.3 Å². The Labute approximate surface area is 112 Å². The molecule has 2 N–H and O–H groups in total. The molecule has 1 amide bonds. The van der Waals surface area contributed by atoms with Crippen LogP contribution < -0.4 is 5.32 Å². The third kappa shape index (κ3) is 2.45. The van der Waals surface area contributed by atoms with Gasteiger partial charge in [0.15, 0.2) is 0 Å². The molecule has 1 fully saturated rings. The van der Waals surface area contributed by atoms with Crippen molar-refractivity contribution >= 4 is 11.9 Å². The minimum atomic E-state index is -0.907. The molecule has 0 saturated heterocycles. The van der Waals surface area contributed by atoms with E-state index in [0.29, 0.717) is 0 Å². The molecule has 5 nitrogen and oxygen atoms in total. The zero-order valence-corrected chi connectivity index (χ0v) is 11.3. The molecule has 1 heterocycles. The monoisotopic (exact) mass is 262 g/mol. The molecular formula is C14H18N2O3. The Hall–Kier alpha value is -1.91. The highest BCUT2D eigenvalue weighted by atomic mass is 16.4. The van der Waals surface area contributed by atoms with Crippen LogP contribution in [0.1, 0.15) is 32.5 Å². The summed E-state index contributed by atoms with van der Waals surface area (Å²) >= 11 is 0. The number of pyridine rings is 1. The first-order valence-corrected chi connectivity index (χ1v) is 6.30. The minimum Gasteiger partial charge on any atom is -0.481 e. The minimum absolute atomic E-state index is 0.212. The van der Waals surface area contributed by atoms with Crippen LogP contribution in [-0.2, 0) is 9.59 Å². The van der Waals surface area contributed by atoms with Gasteiger partial charge >= 0.3 is 5.97 Å². The molecule has 0 spiro atoms. The number of amides is 1. The van der Waals surface area contributed by atoms with Crippen molar-refractivity contribution in [2.75, 3.05) is 0 Å². The van der Waals surface area contributed by atoms with E-state index in [1.54, 1.807) is 6.20 Å². The largest absolute Gasteiger partial charge is 0.481 e. The number of nitrogens with zero attached hydrogens (tertiary/aromatic N) is 1. The van der Waals surface area contributed by atoms with E-state index in [2.05, 4.69) is 10.3 Å². The number of carbonyl (C=O) groups excluding carboxylic acids is 1. The Morgan fingerprint density at radius 1 is 1.37 bits per heavy atom. The molecule has 1 aromatic heterocycles. The molecule has 0 bridgehead atoms. The van der Waals surface area contributed by atoms with Gasteiger partial charge in [0, 0.05) is 6.20 Å². The first-order chi connectivity index (χ1) is 8.85. The van der Waals surface area contributed by atoms with Crippen molar-refractivity contribution in [1.82, 2.24) is 10.3 Å². The predicted octanol–water partition coefficient (Wildman–Crippen LogP) is 1.62. The number of hydrogen-bond donors (Lipinski definition) is 2. The van der Waals surface area contributed by atoms with E-state index >= 15 is 0 Å². The molecule has 5 heteroatoms. The fourth-order valence-electron chi connectivity index (χ4n) is 2.60. The maximum Gasteiger partial charge on any atom is 0.307 e. The quantitative estimate of drug-likeness (QED) is 0.864. The zero-order valence-electron chi connectivity index (χ0n) is 11.3. The first kappa shape index (κ1) is 13.5. The number of aromatic nitrogens is 1. The standard InChI is InChI=1S/C14H18N2O3/c1-8(9-6-4-5-7-15-9)16-12(17)10-11(13(18)19)14(10,2)3/h4-8,10-11H,1-3H3,(H,16,17)(H,18,19)/t8-,10?,11?/m0/s1. The van der Waals surface area contributed by atoms with Crippen molar-refractivity contribution in [3.63, 3.8) is 0 Å². The maximum absolute atomic E-state index is 12.1. The van der Waals surface area contributed by atoms with Crippen LogP contribution in [-0.4, -0.2) is 22.0 Å². The molecule has 2 rings (SSSR count). The summed E-state index contributed by atoms with van der Waals surface area (Å²) in [7, 11) is 0. The number of nitrogens with one attached hydrogen (secondary N) is 1. The SMILES string of the molecule is C[C@H](NC(=O)C1C(C(=O)O)C1(C)C)c1ccccn1. The summed E-state index contributed by atoms with van der Waals surface area (Å²) in [4.78, 5) is 27.3. The molecule has 19 heavy (non-hydrogen) atoms. The van der Waals surface area contributed by atoms with E-state index in [0.717, 1.165) is 5.69 Å². The molecule has 102 valence electrons. The lowest BCUT2D eigenvalue weighted by molar-refractivity contribution is -0.140. The second kappa shape index (κ2) is 4.64. The Bertz CT molecular complexity index is 499. The lowest BCUT2D eigenvalue weighted by atomic mass is 10.1. The van der Waals surface area contributed by atoms with Gasteiger partial charge in [0.25, 0.3) is 0 Å². The Morgan fingerprint density at radius 2 is 2.05 bits per heavy atom. The highest BCUT2D eigenvalue weighted by molar-refractivity contribution is 5.91. The smallest absolute Gasteiger partial charge is 0.307 e. The van der Waals surface area contributed by atoms with Gasteiger partial charge in [0.05, 0.1) is 23.6 Å². The molecule has 0 aliphatic heterocycles. The van der Waals surface area contributed by atoms with Gasteiger partial charge < -0.3 is 10.4 Å². The van der Waals surface area contributed by atoms with Crippen LogP contribution in [0.4, 0.5) is 0 Å². The van der Waals surface area contributed by atoms with Crippen LogP contribution in [0.25, 0.3) is 0 Å². The van der Waals surface area contributed by atoms with Crippen molar-refractivity contribution in [3.05, 3.63) is 30.1 Å². The third-order valence-corrected chi connectivity index (χ3v) is 3.87. The van der Waals surface area contributed by atoms with Gasteiger partial charge in [-0.3, -0.25) is 14.6 Å². The molecule has 1 saturated carbocycles. The lowest BCUT2D eigenvalue weighted by Crippen LogP contribution is -2.30. The fraction of sp³-hybridized carbons (Fsp3) is 0.500. The first-order valence-electron chi connectivity index (χ1n) is 6.30. The number of aliphatic carboxylic acids is 1. The van der Waals surface area contributed by atoms with Gasteiger partial charge in [-0.05, 0) is 24.5 Å². The average Bonchev–Trinajstić information content (AvgIpc) is 2.93. The zero-order chi connectivity index (χ0) is 14.2. The van der Waals surface area contributed by atoms with Crippen LogP contribution in [0.2, 0.25) is 0 Å². The summed E-state index contributed by atoms with van der Waals surface area (Å²) in [5.41, 5.74) is 0.293. The Morgan fingerprint density at radius 3 is 2.53 bits per heavy atom. The van der Waals surface area contributed by atoms with E-state index in [4.69, 9.17) is 5.11 Å². The van der Waals surface area contributed by atoms with E-state index in [9.17, 15) is 9.59 Å². The maximum atomic E-state index is 12.1. The van der Waals surface area contributed by atoms with Crippen molar-refractivity contribution in [1.29, 1.82) is 0 Å². The highest BCUT2D eigenvalue weighted by Crippen LogP contribution is 2.58. The van der Waals surface area contributed by atoms with Gasteiger partial charge in [-0.2, -0.15) is 0 Å². The number of carboxylic acid groups (broad SMARTS) is 1. The van der Waals surface area contributed by atoms with E-state index in [1.165, 1.54) is 0 Å². The highest BCUT2D eigenvalue weighted by Gasteiger charge is 2.65. The number of carbonyl (C=O) groups is 2. The van der Waals surface area contributed by atoms with Crippen LogP contribution in [0.5, 0.6) is 0 Å². The topological polar surface area (TPSA) is 79.3 Å². The van der Waals surface area contributed by atoms with Gasteiger partial charge in [-0.1, -0.05) is 19.9 Å². The number of hydrogen-bond acceptors (Lipinski definition) is 3.